The number of rotatable bonds is 8. The van der Waals surface area contributed by atoms with Gasteiger partial charge in [0.15, 0.2) is 17.4 Å². The van der Waals surface area contributed by atoms with Crippen molar-refractivity contribution >= 4 is 28.9 Å². The van der Waals surface area contributed by atoms with Gasteiger partial charge in [-0.25, -0.2) is 4.98 Å². The SMILES string of the molecule is CCN(CC)c1ccc(N(C)C)c(N2CCN(CC(=O)[C@@]3(O)CC[C@H]4[C@@H]5CCC6=CC(=O)CC[C@]6(C)C5=CC[C@@]43C)CC2)n1. The van der Waals surface area contributed by atoms with Crippen LogP contribution in [0.3, 0.4) is 0 Å². The molecule has 1 saturated heterocycles. The number of carbonyl (C=O) groups excluding carboxylic acids is 2. The molecule has 5 aliphatic rings. The molecule has 1 aliphatic heterocycles. The first-order chi connectivity index (χ1) is 20.9. The molecule has 1 N–H and O–H groups in total. The maximum Gasteiger partial charge on any atom is 0.178 e. The van der Waals surface area contributed by atoms with Crippen molar-refractivity contribution in [3.05, 3.63) is 35.4 Å². The van der Waals surface area contributed by atoms with Crippen molar-refractivity contribution in [2.24, 2.45) is 22.7 Å². The molecule has 0 amide bonds. The fourth-order valence-electron chi connectivity index (χ4n) is 9.52. The Balaban J connectivity index is 1.15. The predicted octanol–water partition coefficient (Wildman–Crippen LogP) is 4.87. The molecule has 5 atom stereocenters. The molecule has 0 spiro atoms. The summed E-state index contributed by atoms with van der Waals surface area (Å²) in [5, 5.41) is 12.2. The number of aromatic nitrogens is 1. The average Bonchev–Trinajstić information content (AvgIpc) is 3.29. The van der Waals surface area contributed by atoms with E-state index in [-0.39, 0.29) is 17.0 Å². The van der Waals surface area contributed by atoms with Gasteiger partial charge in [0.05, 0.1) is 12.2 Å². The van der Waals surface area contributed by atoms with Gasteiger partial charge in [0, 0.05) is 70.6 Å². The van der Waals surface area contributed by atoms with Crippen molar-refractivity contribution in [1.82, 2.24) is 9.88 Å². The Hall–Kier alpha value is -2.71. The second-order valence-corrected chi connectivity index (χ2v) is 14.7. The first-order valence-electron chi connectivity index (χ1n) is 17.1. The van der Waals surface area contributed by atoms with E-state index in [0.29, 0.717) is 31.2 Å². The lowest BCUT2D eigenvalue weighted by molar-refractivity contribution is -0.154. The molecule has 3 fully saturated rings. The molecule has 4 aliphatic carbocycles. The Kier molecular flexibility index (Phi) is 8.23. The normalized spacial score (nSPS) is 33.6. The number of hydrogen-bond donors (Lipinski definition) is 1. The van der Waals surface area contributed by atoms with E-state index in [9.17, 15) is 14.7 Å². The number of hydrogen-bond acceptors (Lipinski definition) is 8. The van der Waals surface area contributed by atoms with Gasteiger partial charge in [-0.1, -0.05) is 31.1 Å². The zero-order chi connectivity index (χ0) is 31.4. The Morgan fingerprint density at radius 1 is 1.05 bits per heavy atom. The zero-order valence-electron chi connectivity index (χ0n) is 27.9. The van der Waals surface area contributed by atoms with Crippen LogP contribution < -0.4 is 14.7 Å². The molecule has 8 heteroatoms. The fourth-order valence-corrected chi connectivity index (χ4v) is 9.52. The van der Waals surface area contributed by atoms with Gasteiger partial charge < -0.3 is 19.8 Å². The number of pyridine rings is 1. The Morgan fingerprint density at radius 3 is 2.45 bits per heavy atom. The number of piperazine rings is 1. The van der Waals surface area contributed by atoms with Gasteiger partial charge in [0.2, 0.25) is 0 Å². The van der Waals surface area contributed by atoms with Crippen LogP contribution in [0.4, 0.5) is 17.3 Å². The van der Waals surface area contributed by atoms with Crippen LogP contribution in [0, 0.1) is 22.7 Å². The summed E-state index contributed by atoms with van der Waals surface area (Å²) in [7, 11) is 4.12. The summed E-state index contributed by atoms with van der Waals surface area (Å²) in [5.74, 6) is 2.95. The lowest BCUT2D eigenvalue weighted by Crippen LogP contribution is -2.58. The summed E-state index contributed by atoms with van der Waals surface area (Å²) in [6.07, 6.45) is 9.95. The van der Waals surface area contributed by atoms with E-state index in [1.165, 1.54) is 11.1 Å². The van der Waals surface area contributed by atoms with Gasteiger partial charge in [0.1, 0.15) is 11.4 Å². The molecule has 2 saturated carbocycles. The largest absolute Gasteiger partial charge is 0.381 e. The highest BCUT2D eigenvalue weighted by atomic mass is 16.3. The number of fused-ring (bicyclic) bond motifs is 5. The predicted molar refractivity (Wildman–Crippen MR) is 177 cm³/mol. The number of ketones is 2. The highest BCUT2D eigenvalue weighted by Crippen LogP contribution is 2.65. The van der Waals surface area contributed by atoms with E-state index >= 15 is 0 Å². The second kappa shape index (κ2) is 11.6. The fraction of sp³-hybridized carbons (Fsp3) is 0.694. The number of allylic oxidation sites excluding steroid dienone is 4. The standard InChI is InChI=1S/C36H53N5O3/c1-7-40(8-2)32-12-11-30(38(5)6)33(37-32)41-21-19-39(20-22-41)24-31(43)36(44)18-15-29-27-10-9-25-23-26(42)13-16-34(25,3)28(27)14-17-35(29,36)4/h11-12,14,23,27,29,44H,7-10,13,15-22,24H2,1-6H3/t27-,29+,34+,35+,36+/m1/s1. The third-order valence-corrected chi connectivity index (χ3v) is 12.4. The minimum absolute atomic E-state index is 0.00527. The molecule has 0 aromatic carbocycles. The maximum absolute atomic E-state index is 14.1. The molecule has 0 bridgehead atoms. The monoisotopic (exact) mass is 603 g/mol. The second-order valence-electron chi connectivity index (χ2n) is 14.7. The molecule has 6 rings (SSSR count). The van der Waals surface area contributed by atoms with Gasteiger partial charge >= 0.3 is 0 Å². The number of nitrogens with zero attached hydrogens (tertiary/aromatic N) is 5. The zero-order valence-corrected chi connectivity index (χ0v) is 27.9. The Morgan fingerprint density at radius 2 is 1.77 bits per heavy atom. The van der Waals surface area contributed by atoms with Crippen molar-refractivity contribution in [2.45, 2.75) is 78.2 Å². The number of anilines is 3. The van der Waals surface area contributed by atoms with Crippen molar-refractivity contribution in [3.63, 3.8) is 0 Å². The van der Waals surface area contributed by atoms with E-state index in [4.69, 9.17) is 4.98 Å². The van der Waals surface area contributed by atoms with E-state index in [0.717, 1.165) is 88.7 Å². The van der Waals surface area contributed by atoms with Crippen LogP contribution in [0.1, 0.15) is 72.6 Å². The highest BCUT2D eigenvalue weighted by molar-refractivity contribution is 5.92. The van der Waals surface area contributed by atoms with E-state index in [2.05, 4.69) is 79.6 Å². The molecule has 0 radical (unpaired) electrons. The van der Waals surface area contributed by atoms with E-state index < -0.39 is 11.0 Å². The summed E-state index contributed by atoms with van der Waals surface area (Å²) < 4.78 is 0. The van der Waals surface area contributed by atoms with Crippen molar-refractivity contribution < 1.29 is 14.7 Å². The molecule has 0 unspecified atom stereocenters. The van der Waals surface area contributed by atoms with Gasteiger partial charge in [-0.3, -0.25) is 14.5 Å². The van der Waals surface area contributed by atoms with Crippen LogP contribution in [0.25, 0.3) is 0 Å². The van der Waals surface area contributed by atoms with Gasteiger partial charge in [0.25, 0.3) is 0 Å². The number of Topliss-reactive ketones (excluding diaryl/α,β-unsaturated/α-hetero) is 1. The third-order valence-electron chi connectivity index (χ3n) is 12.4. The average molecular weight is 604 g/mol. The van der Waals surface area contributed by atoms with Gasteiger partial charge in [-0.15, -0.1) is 0 Å². The lowest BCUT2D eigenvalue weighted by atomic mass is 9.50. The first-order valence-corrected chi connectivity index (χ1v) is 17.1. The Bertz CT molecular complexity index is 1360. The summed E-state index contributed by atoms with van der Waals surface area (Å²) in [5.41, 5.74) is 2.11. The van der Waals surface area contributed by atoms with Crippen molar-refractivity contribution in [1.29, 1.82) is 0 Å². The minimum Gasteiger partial charge on any atom is -0.381 e. The summed E-state index contributed by atoms with van der Waals surface area (Å²) in [6, 6.07) is 4.28. The summed E-state index contributed by atoms with van der Waals surface area (Å²) in [6.45, 7) is 14.1. The molecular formula is C36H53N5O3. The third kappa shape index (κ3) is 4.91. The van der Waals surface area contributed by atoms with Crippen LogP contribution in [-0.4, -0.2) is 92.1 Å². The van der Waals surface area contributed by atoms with Crippen LogP contribution >= 0.6 is 0 Å². The smallest absolute Gasteiger partial charge is 0.178 e. The van der Waals surface area contributed by atoms with Gasteiger partial charge in [-0.05, 0) is 82.4 Å². The maximum atomic E-state index is 14.1. The highest BCUT2D eigenvalue weighted by Gasteiger charge is 2.64. The summed E-state index contributed by atoms with van der Waals surface area (Å²) >= 11 is 0. The molecule has 44 heavy (non-hydrogen) atoms. The quantitative estimate of drug-likeness (QED) is 0.422. The lowest BCUT2D eigenvalue weighted by Gasteiger charge is -2.54. The molecule has 240 valence electrons. The van der Waals surface area contributed by atoms with Gasteiger partial charge in [-0.2, -0.15) is 0 Å². The van der Waals surface area contributed by atoms with Crippen molar-refractivity contribution in [2.75, 3.05) is 74.6 Å². The van der Waals surface area contributed by atoms with E-state index in [1.807, 2.05) is 6.08 Å². The molecule has 1 aromatic heterocycles. The molecular weight excluding hydrogens is 550 g/mol. The van der Waals surface area contributed by atoms with Crippen LogP contribution in [0.2, 0.25) is 0 Å². The minimum atomic E-state index is -1.30. The van der Waals surface area contributed by atoms with E-state index in [1.54, 1.807) is 0 Å². The number of carbonyl (C=O) groups is 2. The van der Waals surface area contributed by atoms with Crippen LogP contribution in [-0.2, 0) is 9.59 Å². The molecule has 2 heterocycles. The Labute approximate surface area is 264 Å². The topological polar surface area (TPSA) is 80.2 Å². The molecule has 1 aromatic rings. The molecule has 8 nitrogen and oxygen atoms in total. The summed E-state index contributed by atoms with van der Waals surface area (Å²) in [4.78, 5) is 40.3. The van der Waals surface area contributed by atoms with Crippen molar-refractivity contribution in [3.8, 4) is 0 Å². The van der Waals surface area contributed by atoms with Crippen LogP contribution in [0.15, 0.2) is 35.4 Å². The first kappa shape index (κ1) is 31.3. The van der Waals surface area contributed by atoms with Crippen LogP contribution in [0.5, 0.6) is 0 Å². The number of aliphatic hydroxyl groups is 1.